The fourth-order valence-corrected chi connectivity index (χ4v) is 4.35. The first-order chi connectivity index (χ1) is 16.0. The number of hydrogen-bond acceptors (Lipinski definition) is 2. The van der Waals surface area contributed by atoms with Crippen molar-refractivity contribution in [1.29, 1.82) is 0 Å². The highest BCUT2D eigenvalue weighted by Gasteiger charge is 2.31. The van der Waals surface area contributed by atoms with Crippen molar-refractivity contribution >= 4 is 34.1 Å². The monoisotopic (exact) mass is 438 g/mol. The van der Waals surface area contributed by atoms with Crippen molar-refractivity contribution in [2.45, 2.75) is 19.8 Å². The Morgan fingerprint density at radius 3 is 2.48 bits per heavy atom. The molecule has 4 nitrogen and oxygen atoms in total. The van der Waals surface area contributed by atoms with Gasteiger partial charge >= 0.3 is 5.97 Å². The Balaban J connectivity index is 1.74. The number of aromatic amines is 1. The fraction of sp³-hybridized carbons (Fsp3) is 0.143. The Bertz CT molecular complexity index is 1410. The standard InChI is InChI=1S/C28H23FN2O2/c1-17-4-2-3-5-22(17)27(20-11-12-20)26(19-9-6-18(7-10-19)8-15-25(32)33)21-13-14-24-23(16-21)28(29)31-30-24/h2-10,13-16,20H,11-12H2,1H3,(H,30,31)(H,32,33)/b15-8+,27-26+. The number of H-pyrrole nitrogens is 1. The van der Waals surface area contributed by atoms with Crippen LogP contribution in [0.4, 0.5) is 4.39 Å². The number of halogens is 1. The molecule has 0 saturated heterocycles. The van der Waals surface area contributed by atoms with E-state index in [4.69, 9.17) is 5.11 Å². The molecule has 164 valence electrons. The molecule has 1 saturated carbocycles. The van der Waals surface area contributed by atoms with Crippen LogP contribution in [0.1, 0.15) is 40.7 Å². The molecule has 3 aromatic carbocycles. The van der Waals surface area contributed by atoms with Crippen molar-refractivity contribution in [2.24, 2.45) is 5.92 Å². The zero-order valence-electron chi connectivity index (χ0n) is 18.2. The molecule has 1 aliphatic carbocycles. The molecule has 1 aromatic heterocycles. The zero-order valence-corrected chi connectivity index (χ0v) is 18.2. The molecule has 5 rings (SSSR count). The SMILES string of the molecule is Cc1ccccc1/C(=C(\c1ccc(/C=C/C(=O)O)cc1)c1ccc2n[nH]c(F)c2c1)C1CC1. The summed E-state index contributed by atoms with van der Waals surface area (Å²) in [7, 11) is 0. The lowest BCUT2D eigenvalue weighted by atomic mass is 9.85. The van der Waals surface area contributed by atoms with Crippen molar-refractivity contribution in [3.8, 4) is 0 Å². The van der Waals surface area contributed by atoms with Crippen LogP contribution in [0.15, 0.2) is 72.8 Å². The number of aromatic nitrogens is 2. The Labute approximate surface area is 191 Å². The number of carbonyl (C=O) groups is 1. The van der Waals surface area contributed by atoms with Gasteiger partial charge in [-0.3, -0.25) is 5.10 Å². The van der Waals surface area contributed by atoms with Gasteiger partial charge in [0.2, 0.25) is 5.95 Å². The molecule has 0 atom stereocenters. The second-order valence-electron chi connectivity index (χ2n) is 8.44. The summed E-state index contributed by atoms with van der Waals surface area (Å²) >= 11 is 0. The van der Waals surface area contributed by atoms with Crippen LogP contribution in [-0.2, 0) is 4.79 Å². The van der Waals surface area contributed by atoms with Gasteiger partial charge in [0.1, 0.15) is 0 Å². The van der Waals surface area contributed by atoms with Crippen LogP contribution in [0.5, 0.6) is 0 Å². The van der Waals surface area contributed by atoms with E-state index in [1.54, 1.807) is 6.08 Å². The van der Waals surface area contributed by atoms with Gasteiger partial charge in [0, 0.05) is 6.08 Å². The summed E-state index contributed by atoms with van der Waals surface area (Å²) in [6, 6.07) is 21.9. The Kier molecular flexibility index (Phi) is 5.38. The fourth-order valence-electron chi connectivity index (χ4n) is 4.35. The number of carboxylic acid groups (broad SMARTS) is 1. The first-order valence-electron chi connectivity index (χ1n) is 11.0. The van der Waals surface area contributed by atoms with Gasteiger partial charge in [-0.05, 0) is 82.9 Å². The molecule has 1 aliphatic rings. The maximum Gasteiger partial charge on any atom is 0.328 e. The minimum atomic E-state index is -0.981. The summed E-state index contributed by atoms with van der Waals surface area (Å²) in [5.41, 5.74) is 8.09. The van der Waals surface area contributed by atoms with E-state index in [1.807, 2.05) is 48.5 Å². The van der Waals surface area contributed by atoms with Gasteiger partial charge in [0.05, 0.1) is 10.9 Å². The third-order valence-electron chi connectivity index (χ3n) is 6.10. The summed E-state index contributed by atoms with van der Waals surface area (Å²) in [4.78, 5) is 10.9. The average Bonchev–Trinajstić information content (AvgIpc) is 3.59. The summed E-state index contributed by atoms with van der Waals surface area (Å²) in [6.07, 6.45) is 4.94. The molecule has 5 heteroatoms. The summed E-state index contributed by atoms with van der Waals surface area (Å²) in [5.74, 6) is -0.979. The van der Waals surface area contributed by atoms with Crippen LogP contribution in [0, 0.1) is 18.8 Å². The summed E-state index contributed by atoms with van der Waals surface area (Å²) in [6.45, 7) is 2.12. The Hall–Kier alpha value is -3.99. The number of carboxylic acids is 1. The molecule has 1 heterocycles. The van der Waals surface area contributed by atoms with Crippen molar-refractivity contribution in [2.75, 3.05) is 0 Å². The third-order valence-corrected chi connectivity index (χ3v) is 6.10. The largest absolute Gasteiger partial charge is 0.478 e. The van der Waals surface area contributed by atoms with Crippen LogP contribution >= 0.6 is 0 Å². The molecule has 1 fully saturated rings. The predicted octanol–water partition coefficient (Wildman–Crippen LogP) is 6.48. The second kappa shape index (κ2) is 8.51. The van der Waals surface area contributed by atoms with Crippen LogP contribution in [0.2, 0.25) is 0 Å². The molecule has 0 spiro atoms. The van der Waals surface area contributed by atoms with E-state index in [9.17, 15) is 9.18 Å². The predicted molar refractivity (Wildman–Crippen MR) is 129 cm³/mol. The highest BCUT2D eigenvalue weighted by molar-refractivity contribution is 6.02. The molecule has 0 unspecified atom stereocenters. The maximum absolute atomic E-state index is 14.4. The van der Waals surface area contributed by atoms with Crippen molar-refractivity contribution in [3.05, 3.63) is 107 Å². The summed E-state index contributed by atoms with van der Waals surface area (Å²) in [5, 5.41) is 15.8. The molecule has 0 amide bonds. The molecule has 33 heavy (non-hydrogen) atoms. The first-order valence-corrected chi connectivity index (χ1v) is 11.0. The van der Waals surface area contributed by atoms with Gasteiger partial charge in [0.15, 0.2) is 0 Å². The van der Waals surface area contributed by atoms with Crippen LogP contribution in [0.3, 0.4) is 0 Å². The van der Waals surface area contributed by atoms with Crippen LogP contribution < -0.4 is 0 Å². The number of hydrogen-bond donors (Lipinski definition) is 2. The molecule has 0 radical (unpaired) electrons. The van der Waals surface area contributed by atoms with Crippen molar-refractivity contribution < 1.29 is 14.3 Å². The highest BCUT2D eigenvalue weighted by atomic mass is 19.1. The number of allylic oxidation sites excluding steroid dienone is 1. The number of rotatable bonds is 6. The van der Waals surface area contributed by atoms with Crippen molar-refractivity contribution in [1.82, 2.24) is 10.2 Å². The van der Waals surface area contributed by atoms with Crippen molar-refractivity contribution in [3.63, 3.8) is 0 Å². The number of nitrogens with zero attached hydrogens (tertiary/aromatic N) is 1. The average molecular weight is 439 g/mol. The molecule has 4 aromatic rings. The number of aryl methyl sites for hydroxylation is 1. The van der Waals surface area contributed by atoms with E-state index in [0.717, 1.165) is 41.2 Å². The lowest BCUT2D eigenvalue weighted by Crippen LogP contribution is -1.99. The van der Waals surface area contributed by atoms with E-state index in [-0.39, 0.29) is 0 Å². The van der Waals surface area contributed by atoms with E-state index in [1.165, 1.54) is 16.7 Å². The zero-order chi connectivity index (χ0) is 22.9. The minimum Gasteiger partial charge on any atom is -0.478 e. The van der Waals surface area contributed by atoms with E-state index in [2.05, 4.69) is 35.3 Å². The molecule has 0 bridgehead atoms. The van der Waals surface area contributed by atoms with Crippen LogP contribution in [-0.4, -0.2) is 21.3 Å². The van der Waals surface area contributed by atoms with Crippen LogP contribution in [0.25, 0.3) is 28.1 Å². The third kappa shape index (κ3) is 4.22. The Morgan fingerprint density at radius 1 is 1.06 bits per heavy atom. The smallest absolute Gasteiger partial charge is 0.328 e. The second-order valence-corrected chi connectivity index (χ2v) is 8.44. The number of aliphatic carboxylic acids is 1. The first kappa shape index (κ1) is 20.9. The topological polar surface area (TPSA) is 66.0 Å². The Morgan fingerprint density at radius 2 is 1.79 bits per heavy atom. The lowest BCUT2D eigenvalue weighted by Gasteiger charge is -2.19. The van der Waals surface area contributed by atoms with E-state index >= 15 is 0 Å². The maximum atomic E-state index is 14.4. The van der Waals surface area contributed by atoms with E-state index in [0.29, 0.717) is 16.8 Å². The van der Waals surface area contributed by atoms with Gasteiger partial charge in [-0.2, -0.15) is 9.49 Å². The molecule has 2 N–H and O–H groups in total. The highest BCUT2D eigenvalue weighted by Crippen LogP contribution is 2.48. The lowest BCUT2D eigenvalue weighted by molar-refractivity contribution is -0.131. The number of benzene rings is 3. The molecule has 0 aliphatic heterocycles. The van der Waals surface area contributed by atoms with Gasteiger partial charge in [-0.25, -0.2) is 4.79 Å². The van der Waals surface area contributed by atoms with Gasteiger partial charge in [0.25, 0.3) is 0 Å². The van der Waals surface area contributed by atoms with Gasteiger partial charge < -0.3 is 5.11 Å². The molecular weight excluding hydrogens is 415 g/mol. The molecular formula is C28H23FN2O2. The quantitative estimate of drug-likeness (QED) is 0.268. The minimum absolute atomic E-state index is 0.441. The number of fused-ring (bicyclic) bond motifs is 1. The normalized spacial score (nSPS) is 14.6. The summed E-state index contributed by atoms with van der Waals surface area (Å²) < 4.78 is 14.4. The number of nitrogens with one attached hydrogen (secondary N) is 1. The van der Waals surface area contributed by atoms with E-state index < -0.39 is 11.9 Å². The van der Waals surface area contributed by atoms with Gasteiger partial charge in [-0.1, -0.05) is 54.6 Å². The van der Waals surface area contributed by atoms with Gasteiger partial charge in [-0.15, -0.1) is 0 Å².